The van der Waals surface area contributed by atoms with Crippen LogP contribution in [0, 0.1) is 31.5 Å². The standard InChI is InChI=1S/C33H38FN5O2/c1-20-7-5-11-28(34)30(20)33(41)39-29-12-6-8-23(29)17-27(32(40)38-26-18-35-21(2)36-19-26)31(39)22-13-15-25(16-14-22)37-24-9-3-4-10-24/h5,7,11,13-16,18-19,23-24,27,29,31,37H,3-4,6,8-10,12,17H2,1-2H3,(H,38,40)/t23-,27+,29-,31+/m1/s1. The lowest BCUT2D eigenvalue weighted by atomic mass is 9.76. The Morgan fingerprint density at radius 1 is 0.902 bits per heavy atom. The number of rotatable bonds is 6. The molecule has 0 unspecified atom stereocenters. The predicted molar refractivity (Wildman–Crippen MR) is 157 cm³/mol. The minimum Gasteiger partial charge on any atom is -0.382 e. The Hall–Kier alpha value is -3.81. The van der Waals surface area contributed by atoms with Gasteiger partial charge in [-0.25, -0.2) is 14.4 Å². The number of hydrogen-bond donors (Lipinski definition) is 2. The molecule has 8 heteroatoms. The van der Waals surface area contributed by atoms with Crippen LogP contribution < -0.4 is 10.6 Å². The molecule has 41 heavy (non-hydrogen) atoms. The summed E-state index contributed by atoms with van der Waals surface area (Å²) < 4.78 is 15.2. The van der Waals surface area contributed by atoms with Crippen LogP contribution in [-0.4, -0.2) is 38.8 Å². The minimum atomic E-state index is -0.534. The Kier molecular flexibility index (Phi) is 7.73. The van der Waals surface area contributed by atoms with Crippen LogP contribution in [0.5, 0.6) is 0 Å². The highest BCUT2D eigenvalue weighted by Crippen LogP contribution is 2.49. The molecule has 4 atom stereocenters. The fourth-order valence-corrected chi connectivity index (χ4v) is 7.24. The number of halogens is 1. The molecule has 1 saturated heterocycles. The monoisotopic (exact) mass is 555 g/mol. The maximum absolute atomic E-state index is 15.2. The third-order valence-electron chi connectivity index (χ3n) is 9.25. The van der Waals surface area contributed by atoms with Crippen molar-refractivity contribution in [1.29, 1.82) is 0 Å². The van der Waals surface area contributed by atoms with Crippen molar-refractivity contribution in [3.63, 3.8) is 0 Å². The molecule has 1 aliphatic heterocycles. The predicted octanol–water partition coefficient (Wildman–Crippen LogP) is 6.60. The van der Waals surface area contributed by atoms with Crippen LogP contribution in [0.4, 0.5) is 15.8 Å². The SMILES string of the molecule is Cc1ncc(NC(=O)[C@H]2C[C@H]3CCC[C@H]3N(C(=O)c3c(C)cccc3F)[C@H]2c2ccc(NC3CCCC3)cc2)cn1. The first kappa shape index (κ1) is 27.4. The Balaban J connectivity index is 1.39. The number of piperidine rings is 1. The van der Waals surface area contributed by atoms with Crippen molar-refractivity contribution in [1.82, 2.24) is 14.9 Å². The van der Waals surface area contributed by atoms with Gasteiger partial charge in [-0.2, -0.15) is 0 Å². The zero-order valence-electron chi connectivity index (χ0n) is 23.8. The number of carbonyl (C=O) groups is 2. The molecule has 0 radical (unpaired) electrons. The third kappa shape index (κ3) is 5.56. The summed E-state index contributed by atoms with van der Waals surface area (Å²) in [7, 11) is 0. The molecule has 3 aliphatic rings. The molecule has 7 nitrogen and oxygen atoms in total. The first-order valence-corrected chi connectivity index (χ1v) is 14.9. The number of carbonyl (C=O) groups excluding carboxylic acids is 2. The van der Waals surface area contributed by atoms with Gasteiger partial charge in [0.25, 0.3) is 5.91 Å². The van der Waals surface area contributed by atoms with E-state index in [1.165, 1.54) is 31.7 Å². The van der Waals surface area contributed by atoms with Crippen LogP contribution in [0.15, 0.2) is 54.9 Å². The number of hydrogen-bond acceptors (Lipinski definition) is 5. The van der Waals surface area contributed by atoms with E-state index in [0.29, 0.717) is 29.5 Å². The Morgan fingerprint density at radius 2 is 1.63 bits per heavy atom. The quantitative estimate of drug-likeness (QED) is 0.358. The fraction of sp³-hybridized carbons (Fsp3) is 0.455. The number of anilines is 2. The van der Waals surface area contributed by atoms with E-state index >= 15 is 4.39 Å². The van der Waals surface area contributed by atoms with Crippen LogP contribution in [0.2, 0.25) is 0 Å². The number of aromatic nitrogens is 2. The largest absolute Gasteiger partial charge is 0.382 e. The molecule has 2 heterocycles. The molecule has 214 valence electrons. The summed E-state index contributed by atoms with van der Waals surface area (Å²) in [5.74, 6) is -0.759. The number of nitrogens with one attached hydrogen (secondary N) is 2. The lowest BCUT2D eigenvalue weighted by Crippen LogP contribution is -2.54. The first-order chi connectivity index (χ1) is 19.9. The molecule has 0 spiro atoms. The number of nitrogens with zero attached hydrogens (tertiary/aromatic N) is 3. The molecular weight excluding hydrogens is 517 g/mol. The minimum absolute atomic E-state index is 0.0467. The molecule has 6 rings (SSSR count). The van der Waals surface area contributed by atoms with Gasteiger partial charge >= 0.3 is 0 Å². The Labute approximate surface area is 241 Å². The second kappa shape index (κ2) is 11.6. The van der Waals surface area contributed by atoms with Crippen LogP contribution in [0.1, 0.15) is 84.7 Å². The maximum Gasteiger partial charge on any atom is 0.257 e. The van der Waals surface area contributed by atoms with Gasteiger partial charge in [0, 0.05) is 17.8 Å². The average Bonchev–Trinajstić information content (AvgIpc) is 3.66. The van der Waals surface area contributed by atoms with E-state index in [4.69, 9.17) is 0 Å². The lowest BCUT2D eigenvalue weighted by Gasteiger charge is -2.48. The molecule has 3 aromatic rings. The van der Waals surface area contributed by atoms with E-state index in [1.54, 1.807) is 38.4 Å². The Bertz CT molecular complexity index is 1380. The summed E-state index contributed by atoms with van der Waals surface area (Å²) in [5.41, 5.74) is 3.14. The summed E-state index contributed by atoms with van der Waals surface area (Å²) in [6.45, 7) is 3.56. The van der Waals surface area contributed by atoms with Gasteiger partial charge in [-0.3, -0.25) is 9.59 Å². The number of benzene rings is 2. The lowest BCUT2D eigenvalue weighted by molar-refractivity contribution is -0.125. The zero-order valence-corrected chi connectivity index (χ0v) is 23.8. The van der Waals surface area contributed by atoms with Gasteiger partial charge in [0.05, 0.1) is 35.6 Å². The molecule has 2 saturated carbocycles. The zero-order chi connectivity index (χ0) is 28.5. The maximum atomic E-state index is 15.2. The van der Waals surface area contributed by atoms with E-state index in [9.17, 15) is 9.59 Å². The van der Waals surface area contributed by atoms with Gasteiger partial charge in [0.2, 0.25) is 5.91 Å². The van der Waals surface area contributed by atoms with Gasteiger partial charge < -0.3 is 15.5 Å². The van der Waals surface area contributed by atoms with Gasteiger partial charge in [-0.15, -0.1) is 0 Å². The van der Waals surface area contributed by atoms with E-state index in [-0.39, 0.29) is 29.3 Å². The molecule has 0 bridgehead atoms. The van der Waals surface area contributed by atoms with Crippen molar-refractivity contribution in [2.75, 3.05) is 10.6 Å². The van der Waals surface area contributed by atoms with Crippen LogP contribution in [0.3, 0.4) is 0 Å². The second-order valence-electron chi connectivity index (χ2n) is 11.9. The first-order valence-electron chi connectivity index (χ1n) is 14.9. The molecule has 2 aromatic carbocycles. The number of amides is 2. The number of fused-ring (bicyclic) bond motifs is 1. The third-order valence-corrected chi connectivity index (χ3v) is 9.25. The highest BCUT2D eigenvalue weighted by atomic mass is 19.1. The summed E-state index contributed by atoms with van der Waals surface area (Å²) in [4.78, 5) is 38.6. The van der Waals surface area contributed by atoms with Crippen molar-refractivity contribution in [2.45, 2.75) is 83.3 Å². The van der Waals surface area contributed by atoms with Crippen molar-refractivity contribution in [2.24, 2.45) is 11.8 Å². The van der Waals surface area contributed by atoms with E-state index < -0.39 is 17.8 Å². The molecule has 1 aromatic heterocycles. The van der Waals surface area contributed by atoms with Gasteiger partial charge in [0.1, 0.15) is 11.6 Å². The average molecular weight is 556 g/mol. The smallest absolute Gasteiger partial charge is 0.257 e. The fourth-order valence-electron chi connectivity index (χ4n) is 7.24. The van der Waals surface area contributed by atoms with Crippen molar-refractivity contribution in [3.05, 3.63) is 83.2 Å². The van der Waals surface area contributed by atoms with Crippen molar-refractivity contribution < 1.29 is 14.0 Å². The molecule has 3 fully saturated rings. The van der Waals surface area contributed by atoms with Crippen LogP contribution in [0.25, 0.3) is 0 Å². The van der Waals surface area contributed by atoms with E-state index in [0.717, 1.165) is 30.5 Å². The van der Waals surface area contributed by atoms with Gasteiger partial charge in [-0.05, 0) is 81.2 Å². The number of likely N-dealkylation sites (tertiary alicyclic amines) is 1. The van der Waals surface area contributed by atoms with Crippen molar-refractivity contribution >= 4 is 23.2 Å². The van der Waals surface area contributed by atoms with Gasteiger partial charge in [0.15, 0.2) is 0 Å². The van der Waals surface area contributed by atoms with Crippen molar-refractivity contribution in [3.8, 4) is 0 Å². The van der Waals surface area contributed by atoms with Crippen LogP contribution in [-0.2, 0) is 4.79 Å². The van der Waals surface area contributed by atoms with E-state index in [2.05, 4.69) is 20.6 Å². The topological polar surface area (TPSA) is 87.2 Å². The highest BCUT2D eigenvalue weighted by Gasteiger charge is 2.50. The highest BCUT2D eigenvalue weighted by molar-refractivity contribution is 5.98. The van der Waals surface area contributed by atoms with Crippen LogP contribution >= 0.6 is 0 Å². The summed E-state index contributed by atoms with van der Waals surface area (Å²) >= 11 is 0. The summed E-state index contributed by atoms with van der Waals surface area (Å²) in [5, 5.41) is 6.64. The van der Waals surface area contributed by atoms with Gasteiger partial charge in [-0.1, -0.05) is 43.5 Å². The molecular formula is C33H38FN5O2. The van der Waals surface area contributed by atoms with E-state index in [1.807, 2.05) is 29.2 Å². The second-order valence-corrected chi connectivity index (χ2v) is 11.9. The molecule has 2 N–H and O–H groups in total. The Morgan fingerprint density at radius 3 is 2.34 bits per heavy atom. The number of aryl methyl sites for hydroxylation is 2. The molecule has 2 aliphatic carbocycles. The summed E-state index contributed by atoms with van der Waals surface area (Å²) in [6, 6.07) is 12.8. The molecule has 2 amide bonds. The normalized spacial score (nSPS) is 24.2. The summed E-state index contributed by atoms with van der Waals surface area (Å²) in [6.07, 6.45) is 11.5.